The van der Waals surface area contributed by atoms with Crippen molar-refractivity contribution in [1.82, 2.24) is 0 Å². The first kappa shape index (κ1) is 25.3. The number of hydrogen-bond donors (Lipinski definition) is 0. The van der Waals surface area contributed by atoms with Gasteiger partial charge in [-0.05, 0) is 12.5 Å². The Balaban J connectivity index is 1.91. The molecule has 0 aliphatic carbocycles. The summed E-state index contributed by atoms with van der Waals surface area (Å²) in [4.78, 5) is 22.9. The maximum Gasteiger partial charge on any atom is 0.313 e. The molecule has 5 heteroatoms. The van der Waals surface area contributed by atoms with Gasteiger partial charge in [0.1, 0.15) is 6.42 Å². The first-order chi connectivity index (χ1) is 14.2. The second-order valence-corrected chi connectivity index (χ2v) is 7.74. The lowest BCUT2D eigenvalue weighted by molar-refractivity contribution is -0.139. The number of ketones is 1. The minimum atomic E-state index is -0.573. The number of carbonyl (C=O) groups is 2. The zero-order valence-corrected chi connectivity index (χ0v) is 18.5. The van der Waals surface area contributed by atoms with Crippen LogP contribution in [-0.4, -0.2) is 25.5 Å². The highest BCUT2D eigenvalue weighted by Crippen LogP contribution is 2.18. The van der Waals surface area contributed by atoms with Crippen LogP contribution in [0.25, 0.3) is 0 Å². The van der Waals surface area contributed by atoms with Crippen LogP contribution in [0.4, 0.5) is 0 Å². The molecule has 0 atom stereocenters. The average molecular weight is 409 g/mol. The van der Waals surface area contributed by atoms with Gasteiger partial charge >= 0.3 is 5.97 Å². The van der Waals surface area contributed by atoms with E-state index in [0.29, 0.717) is 12.6 Å². The van der Waals surface area contributed by atoms with Crippen LogP contribution >= 0.6 is 0 Å². The first-order valence-electron chi connectivity index (χ1n) is 11.5. The van der Waals surface area contributed by atoms with E-state index < -0.39 is 11.8 Å². The second kappa shape index (κ2) is 17.1. The van der Waals surface area contributed by atoms with Gasteiger partial charge in [-0.15, -0.1) is 0 Å². The Morgan fingerprint density at radius 1 is 0.793 bits per heavy atom. The van der Waals surface area contributed by atoms with Gasteiger partial charge in [-0.25, -0.2) is 0 Å². The van der Waals surface area contributed by atoms with Crippen LogP contribution in [0.1, 0.15) is 114 Å². The van der Waals surface area contributed by atoms with Crippen molar-refractivity contribution in [3.8, 4) is 5.95 Å². The highest BCUT2D eigenvalue weighted by atomic mass is 16.6. The van der Waals surface area contributed by atoms with Gasteiger partial charge in [0.2, 0.25) is 5.78 Å². The molecular formula is C24H40O5. The van der Waals surface area contributed by atoms with Gasteiger partial charge in [-0.1, -0.05) is 90.4 Å². The zero-order chi connectivity index (χ0) is 21.2. The van der Waals surface area contributed by atoms with Crippen LogP contribution in [0.2, 0.25) is 0 Å². The molecule has 0 aliphatic heterocycles. The maximum absolute atomic E-state index is 11.8. The average Bonchev–Trinajstić information content (AvgIpc) is 3.20. The van der Waals surface area contributed by atoms with Crippen molar-refractivity contribution >= 4 is 11.8 Å². The van der Waals surface area contributed by atoms with Crippen molar-refractivity contribution in [3.05, 3.63) is 17.9 Å². The van der Waals surface area contributed by atoms with E-state index in [9.17, 15) is 9.59 Å². The van der Waals surface area contributed by atoms with Crippen LogP contribution in [0.5, 0.6) is 5.95 Å². The molecule has 1 aromatic rings. The van der Waals surface area contributed by atoms with E-state index in [1.807, 2.05) is 0 Å². The lowest BCUT2D eigenvalue weighted by atomic mass is 10.0. The van der Waals surface area contributed by atoms with Crippen LogP contribution < -0.4 is 4.74 Å². The van der Waals surface area contributed by atoms with Gasteiger partial charge in [-0.3, -0.25) is 9.59 Å². The Bertz CT molecular complexity index is 549. The van der Waals surface area contributed by atoms with Gasteiger partial charge in [0.15, 0.2) is 5.76 Å². The van der Waals surface area contributed by atoms with Crippen molar-refractivity contribution in [2.75, 3.05) is 13.7 Å². The molecule has 0 fully saturated rings. The second-order valence-electron chi connectivity index (χ2n) is 7.74. The molecule has 5 nitrogen and oxygen atoms in total. The van der Waals surface area contributed by atoms with E-state index in [1.165, 1.54) is 90.2 Å². The Morgan fingerprint density at radius 3 is 1.83 bits per heavy atom. The van der Waals surface area contributed by atoms with E-state index in [-0.39, 0.29) is 12.2 Å². The number of unbranched alkanes of at least 4 members (excludes halogenated alkanes) is 13. The first-order valence-corrected chi connectivity index (χ1v) is 11.5. The number of carbonyl (C=O) groups excluding carboxylic acids is 2. The highest BCUT2D eigenvalue weighted by Gasteiger charge is 2.16. The Hall–Kier alpha value is -1.78. The van der Waals surface area contributed by atoms with Crippen molar-refractivity contribution < 1.29 is 23.5 Å². The standard InChI is InChI=1S/C24H40O5/c1-3-4-5-6-7-8-9-10-11-12-13-14-15-16-19-28-24-18-17-22(29-24)21(25)20-23(26)27-2/h17-18H,3-16,19-20H2,1-2H3. The Labute approximate surface area is 176 Å². The molecule has 0 radical (unpaired) electrons. The molecule has 0 N–H and O–H groups in total. The minimum Gasteiger partial charge on any atom is -0.469 e. The van der Waals surface area contributed by atoms with E-state index in [0.717, 1.165) is 12.8 Å². The third-order valence-electron chi connectivity index (χ3n) is 5.13. The summed E-state index contributed by atoms with van der Waals surface area (Å²) >= 11 is 0. The van der Waals surface area contributed by atoms with Gasteiger partial charge in [0, 0.05) is 6.07 Å². The monoisotopic (exact) mass is 408 g/mol. The molecule has 166 valence electrons. The number of ether oxygens (including phenoxy) is 2. The molecule has 1 rings (SSSR count). The molecule has 0 unspecified atom stereocenters. The van der Waals surface area contributed by atoms with Crippen LogP contribution in [0.3, 0.4) is 0 Å². The summed E-state index contributed by atoms with van der Waals surface area (Å²) in [6, 6.07) is 3.15. The number of furan rings is 1. The molecule has 0 amide bonds. The lowest BCUT2D eigenvalue weighted by Gasteiger charge is -2.04. The topological polar surface area (TPSA) is 65.7 Å². The number of rotatable bonds is 19. The number of hydrogen-bond acceptors (Lipinski definition) is 5. The van der Waals surface area contributed by atoms with Crippen LogP contribution in [0, 0.1) is 0 Å². The van der Waals surface area contributed by atoms with E-state index in [2.05, 4.69) is 11.7 Å². The normalized spacial score (nSPS) is 10.8. The van der Waals surface area contributed by atoms with Gasteiger partial charge < -0.3 is 13.9 Å². The van der Waals surface area contributed by atoms with Gasteiger partial charge in [0.25, 0.3) is 5.95 Å². The van der Waals surface area contributed by atoms with Crippen molar-refractivity contribution in [3.63, 3.8) is 0 Å². The summed E-state index contributed by atoms with van der Waals surface area (Å²) in [5, 5.41) is 0. The fourth-order valence-corrected chi connectivity index (χ4v) is 3.31. The fraction of sp³-hybridized carbons (Fsp3) is 0.750. The number of Topliss-reactive ketones (excluding diaryl/α,β-unsaturated/α-hetero) is 1. The van der Waals surface area contributed by atoms with Crippen LogP contribution in [-0.2, 0) is 9.53 Å². The van der Waals surface area contributed by atoms with Gasteiger partial charge in [0.05, 0.1) is 13.7 Å². The van der Waals surface area contributed by atoms with Crippen LogP contribution in [0.15, 0.2) is 16.5 Å². The third kappa shape index (κ3) is 13.1. The lowest BCUT2D eigenvalue weighted by Crippen LogP contribution is -2.08. The molecule has 29 heavy (non-hydrogen) atoms. The molecule has 0 spiro atoms. The summed E-state index contributed by atoms with van der Waals surface area (Å²) in [7, 11) is 1.25. The zero-order valence-electron chi connectivity index (χ0n) is 18.5. The maximum atomic E-state index is 11.8. The molecular weight excluding hydrogens is 368 g/mol. The molecule has 0 aromatic carbocycles. The van der Waals surface area contributed by atoms with E-state index in [4.69, 9.17) is 9.15 Å². The SMILES string of the molecule is CCCCCCCCCCCCCCCCOc1ccc(C(=O)CC(=O)OC)o1. The predicted octanol–water partition coefficient (Wildman–Crippen LogP) is 6.89. The molecule has 0 bridgehead atoms. The molecule has 0 saturated heterocycles. The molecule has 1 aromatic heterocycles. The highest BCUT2D eigenvalue weighted by molar-refractivity contribution is 6.04. The fourth-order valence-electron chi connectivity index (χ4n) is 3.31. The molecule has 1 heterocycles. The quantitative estimate of drug-likeness (QED) is 0.108. The Morgan fingerprint density at radius 2 is 1.31 bits per heavy atom. The number of esters is 1. The van der Waals surface area contributed by atoms with Crippen molar-refractivity contribution in [2.24, 2.45) is 0 Å². The minimum absolute atomic E-state index is 0.131. The Kier molecular flexibility index (Phi) is 14.9. The largest absolute Gasteiger partial charge is 0.469 e. The summed E-state index contributed by atoms with van der Waals surface area (Å²) in [5.41, 5.74) is 0. The number of methoxy groups -OCH3 is 1. The third-order valence-corrected chi connectivity index (χ3v) is 5.13. The van der Waals surface area contributed by atoms with E-state index >= 15 is 0 Å². The van der Waals surface area contributed by atoms with Crippen molar-refractivity contribution in [1.29, 1.82) is 0 Å². The summed E-state index contributed by atoms with van der Waals surface area (Å²) in [6.45, 7) is 2.85. The molecule has 0 saturated carbocycles. The predicted molar refractivity (Wildman–Crippen MR) is 115 cm³/mol. The summed E-state index contributed by atoms with van der Waals surface area (Å²) < 4.78 is 15.3. The summed E-state index contributed by atoms with van der Waals surface area (Å²) in [6.07, 6.45) is 18.2. The van der Waals surface area contributed by atoms with Gasteiger partial charge in [-0.2, -0.15) is 0 Å². The molecule has 0 aliphatic rings. The van der Waals surface area contributed by atoms with E-state index in [1.54, 1.807) is 6.07 Å². The van der Waals surface area contributed by atoms with Crippen molar-refractivity contribution in [2.45, 2.75) is 103 Å². The summed E-state index contributed by atoms with van der Waals surface area (Å²) in [5.74, 6) is -0.515. The smallest absolute Gasteiger partial charge is 0.313 e.